The van der Waals surface area contributed by atoms with Gasteiger partial charge in [0.25, 0.3) is 0 Å². The first-order valence-corrected chi connectivity index (χ1v) is 8.24. The predicted octanol–water partition coefficient (Wildman–Crippen LogP) is 2.54. The van der Waals surface area contributed by atoms with E-state index in [0.29, 0.717) is 6.42 Å². The van der Waals surface area contributed by atoms with Crippen molar-refractivity contribution < 1.29 is 19.8 Å². The number of aromatic amines is 1. The van der Waals surface area contributed by atoms with Crippen LogP contribution in [0.2, 0.25) is 0 Å². The second-order valence-corrected chi connectivity index (χ2v) is 7.55. The van der Waals surface area contributed by atoms with Gasteiger partial charge in [0, 0.05) is 0 Å². The van der Waals surface area contributed by atoms with Crippen LogP contribution in [0.4, 0.5) is 0 Å². The van der Waals surface area contributed by atoms with Gasteiger partial charge in [-0.2, -0.15) is 0 Å². The van der Waals surface area contributed by atoms with Gasteiger partial charge in [0.2, 0.25) is 0 Å². The second kappa shape index (κ2) is 5.91. The van der Waals surface area contributed by atoms with Gasteiger partial charge in [0.1, 0.15) is 0 Å². The molecule has 1 atom stereocenters. The zero-order chi connectivity index (χ0) is 15.8. The second-order valence-electron chi connectivity index (χ2n) is 6.08. The Morgan fingerprint density at radius 2 is 2.05 bits per heavy atom. The number of aromatic nitrogens is 2. The zero-order valence-electron chi connectivity index (χ0n) is 13.2. The number of nitrogens with zero attached hydrogens (tertiary/aromatic N) is 1. The number of carbonyl (C=O) groups excluding carboxylic acids is 1. The summed E-state index contributed by atoms with van der Waals surface area (Å²) in [5.74, 6) is 0. The third-order valence-electron chi connectivity index (χ3n) is 4.40. The Kier molecular flexibility index (Phi) is 4.57. The number of hydrogen-bond acceptors (Lipinski definition) is 3. The van der Waals surface area contributed by atoms with Crippen molar-refractivity contribution in [3.63, 3.8) is 0 Å². The first kappa shape index (κ1) is 16.2. The summed E-state index contributed by atoms with van der Waals surface area (Å²) in [6, 6.07) is -0.481. The molecule has 0 saturated carbocycles. The number of hydrogen-bond donors (Lipinski definition) is 2. The Morgan fingerprint density at radius 3 is 2.52 bits per heavy atom. The van der Waals surface area contributed by atoms with Crippen LogP contribution in [0, 0.1) is 5.41 Å². The van der Waals surface area contributed by atoms with Gasteiger partial charge in [0.05, 0.1) is 0 Å². The molecule has 2 rings (SSSR count). The summed E-state index contributed by atoms with van der Waals surface area (Å²) in [6.07, 6.45) is 3.89. The van der Waals surface area contributed by atoms with E-state index in [4.69, 9.17) is 5.73 Å². The molecule has 0 saturated heterocycles. The molecule has 5 heteroatoms. The number of carbonyl (C=O) groups is 1. The topological polar surface area (TPSA) is 71.8 Å². The maximum absolute atomic E-state index is 12.5. The summed E-state index contributed by atoms with van der Waals surface area (Å²) in [7, 11) is 0. The fraction of sp³-hybridized carbons (Fsp3) is 0.500. The van der Waals surface area contributed by atoms with E-state index in [1.54, 1.807) is 12.5 Å². The molecular formula is C16H23MnN3O. The number of nitrogens with two attached hydrogens (primary N) is 1. The molecule has 1 aliphatic rings. The molecular weight excluding hydrogens is 305 g/mol. The van der Waals surface area contributed by atoms with Crippen LogP contribution < -0.4 is 5.73 Å². The zero-order valence-corrected chi connectivity index (χ0v) is 14.4. The third kappa shape index (κ3) is 3.05. The van der Waals surface area contributed by atoms with Crippen LogP contribution in [0.3, 0.4) is 0 Å². The van der Waals surface area contributed by atoms with Crippen molar-refractivity contribution in [1.29, 1.82) is 0 Å². The number of H-pyrrole nitrogens is 1. The van der Waals surface area contributed by atoms with Crippen molar-refractivity contribution >= 4 is 4.68 Å². The average molecular weight is 328 g/mol. The first-order valence-electron chi connectivity index (χ1n) is 7.06. The molecule has 3 N–H and O–H groups in total. The summed E-state index contributed by atoms with van der Waals surface area (Å²) < 4.78 is 1.36. The Labute approximate surface area is 132 Å². The fourth-order valence-corrected chi connectivity index (χ4v) is 4.27. The summed E-state index contributed by atoms with van der Waals surface area (Å²) in [4.78, 5) is 19.5. The predicted molar refractivity (Wildman–Crippen MR) is 80.1 cm³/mol. The number of nitrogens with one attached hydrogen (secondary N) is 1. The van der Waals surface area contributed by atoms with Crippen molar-refractivity contribution in [2.45, 2.75) is 47.1 Å². The minimum absolute atomic E-state index is 0.0319. The van der Waals surface area contributed by atoms with Crippen LogP contribution in [0.15, 0.2) is 33.7 Å². The van der Waals surface area contributed by atoms with Gasteiger partial charge in [0.15, 0.2) is 0 Å². The quantitative estimate of drug-likeness (QED) is 0.816. The van der Waals surface area contributed by atoms with Crippen LogP contribution >= 0.6 is 0 Å². The van der Waals surface area contributed by atoms with E-state index in [-0.39, 0.29) is 25.1 Å². The van der Waals surface area contributed by atoms with Crippen LogP contribution in [-0.2, 0) is 26.2 Å². The van der Waals surface area contributed by atoms with E-state index in [0.717, 1.165) is 5.69 Å². The molecule has 0 aliphatic heterocycles. The van der Waals surface area contributed by atoms with Crippen LogP contribution in [0.5, 0.6) is 0 Å². The molecule has 0 bridgehead atoms. The van der Waals surface area contributed by atoms with Crippen molar-refractivity contribution in [1.82, 2.24) is 9.97 Å². The number of imidazole rings is 1. The molecule has 4 nitrogen and oxygen atoms in total. The van der Waals surface area contributed by atoms with Gasteiger partial charge in [-0.3, -0.25) is 0 Å². The first-order chi connectivity index (χ1) is 9.75. The van der Waals surface area contributed by atoms with Gasteiger partial charge in [-0.25, -0.2) is 0 Å². The van der Waals surface area contributed by atoms with Crippen LogP contribution in [-0.4, -0.2) is 20.7 Å². The standard InChI is InChI=1S/C10H15.C6H8N3O.Mn/c1-7-6-10(4,5)9(3)8(7)2;7-5(3-10)1-6-2-8-4-9-6;/h1-5H3;2,4-5H,1,7H2,(H,8,9);/t;5-;/m.0./s1. The fourth-order valence-electron chi connectivity index (χ4n) is 2.61. The van der Waals surface area contributed by atoms with E-state index < -0.39 is 6.04 Å². The minimum atomic E-state index is -0.481. The van der Waals surface area contributed by atoms with E-state index in [1.165, 1.54) is 21.2 Å². The van der Waals surface area contributed by atoms with Crippen molar-refractivity contribution in [2.75, 3.05) is 0 Å². The summed E-state index contributed by atoms with van der Waals surface area (Å²) >= 11 is 0.105. The molecule has 0 spiro atoms. The summed E-state index contributed by atoms with van der Waals surface area (Å²) in [5, 5.41) is 0. The van der Waals surface area contributed by atoms with E-state index in [2.05, 4.69) is 44.6 Å². The molecule has 0 fully saturated rings. The van der Waals surface area contributed by atoms with Gasteiger partial charge < -0.3 is 0 Å². The molecule has 115 valence electrons. The Bertz CT molecular complexity index is 611. The molecule has 0 aromatic carbocycles. The monoisotopic (exact) mass is 328 g/mol. The van der Waals surface area contributed by atoms with Gasteiger partial charge in [-0.05, 0) is 0 Å². The Balaban J connectivity index is 2.10. The van der Waals surface area contributed by atoms with E-state index in [1.807, 2.05) is 0 Å². The van der Waals surface area contributed by atoms with Gasteiger partial charge in [-0.1, -0.05) is 0 Å². The van der Waals surface area contributed by atoms with E-state index >= 15 is 0 Å². The molecule has 1 aromatic rings. The van der Waals surface area contributed by atoms with Crippen LogP contribution in [0.1, 0.15) is 40.3 Å². The van der Waals surface area contributed by atoms with Crippen molar-refractivity contribution in [2.24, 2.45) is 11.1 Å². The average Bonchev–Trinajstić information content (AvgIpc) is 2.98. The third-order valence-corrected chi connectivity index (χ3v) is 6.61. The van der Waals surface area contributed by atoms with Crippen molar-refractivity contribution in [3.05, 3.63) is 39.4 Å². The number of rotatable bonds is 5. The molecule has 0 radical (unpaired) electrons. The SMILES string of the molecule is CC1=C(C)C(C)(C)[C]([Mn][C](=O)[C@@H](N)Cc2c[nH]cn2)=C1C. The molecule has 0 unspecified atom stereocenters. The molecule has 21 heavy (non-hydrogen) atoms. The van der Waals surface area contributed by atoms with Crippen LogP contribution in [0.25, 0.3) is 0 Å². The van der Waals surface area contributed by atoms with Gasteiger partial charge in [-0.15, -0.1) is 0 Å². The molecule has 0 amide bonds. The summed E-state index contributed by atoms with van der Waals surface area (Å²) in [5.41, 5.74) is 10.8. The molecule has 1 heterocycles. The number of allylic oxidation sites excluding steroid dienone is 4. The molecule has 1 aliphatic carbocycles. The maximum atomic E-state index is 12.5. The van der Waals surface area contributed by atoms with Crippen molar-refractivity contribution in [3.8, 4) is 0 Å². The Morgan fingerprint density at radius 1 is 1.38 bits per heavy atom. The molecule has 1 aromatic heterocycles. The normalized spacial score (nSPS) is 19.3. The van der Waals surface area contributed by atoms with Gasteiger partial charge >= 0.3 is 132 Å². The Hall–Kier alpha value is -1.16. The van der Waals surface area contributed by atoms with E-state index in [9.17, 15) is 4.79 Å². The summed E-state index contributed by atoms with van der Waals surface area (Å²) in [6.45, 7) is 10.8.